The SMILES string of the molecule is COCNCC(C)(C)c1ccc(OC)cc1Cl. The van der Waals surface area contributed by atoms with Crippen LogP contribution in [0.1, 0.15) is 19.4 Å². The highest BCUT2D eigenvalue weighted by Gasteiger charge is 2.23. The van der Waals surface area contributed by atoms with E-state index < -0.39 is 0 Å². The zero-order valence-electron chi connectivity index (χ0n) is 10.8. The van der Waals surface area contributed by atoms with E-state index in [9.17, 15) is 0 Å². The predicted octanol–water partition coefficient (Wildman–Crippen LogP) is 2.82. The minimum Gasteiger partial charge on any atom is -0.497 e. The summed E-state index contributed by atoms with van der Waals surface area (Å²) in [5, 5.41) is 3.95. The third-order valence-corrected chi connectivity index (χ3v) is 3.03. The van der Waals surface area contributed by atoms with Crippen molar-refractivity contribution in [3.8, 4) is 5.75 Å². The summed E-state index contributed by atoms with van der Waals surface area (Å²) in [6.45, 7) is 5.62. The van der Waals surface area contributed by atoms with E-state index in [0.29, 0.717) is 6.73 Å². The van der Waals surface area contributed by atoms with Gasteiger partial charge >= 0.3 is 0 Å². The number of ether oxygens (including phenoxy) is 2. The van der Waals surface area contributed by atoms with E-state index in [4.69, 9.17) is 21.1 Å². The summed E-state index contributed by atoms with van der Waals surface area (Å²) in [5.74, 6) is 0.777. The molecule has 1 rings (SSSR count). The average molecular weight is 258 g/mol. The van der Waals surface area contributed by atoms with Crippen LogP contribution in [0.3, 0.4) is 0 Å². The molecule has 0 aliphatic rings. The van der Waals surface area contributed by atoms with Crippen molar-refractivity contribution in [2.45, 2.75) is 19.3 Å². The molecule has 0 spiro atoms. The van der Waals surface area contributed by atoms with Gasteiger partial charge in [0, 0.05) is 24.1 Å². The molecule has 0 fully saturated rings. The second-order valence-corrected chi connectivity index (χ2v) is 5.00. The van der Waals surface area contributed by atoms with Gasteiger partial charge in [0.05, 0.1) is 13.8 Å². The Bertz CT molecular complexity index is 366. The first-order valence-corrected chi connectivity index (χ1v) is 5.92. The van der Waals surface area contributed by atoms with Crippen LogP contribution in [-0.2, 0) is 10.2 Å². The van der Waals surface area contributed by atoms with Crippen LogP contribution in [0.15, 0.2) is 18.2 Å². The largest absolute Gasteiger partial charge is 0.497 e. The minimum atomic E-state index is -0.0537. The summed E-state index contributed by atoms with van der Waals surface area (Å²) >= 11 is 6.27. The summed E-state index contributed by atoms with van der Waals surface area (Å²) in [5.41, 5.74) is 1.05. The Morgan fingerprint density at radius 1 is 1.29 bits per heavy atom. The highest BCUT2D eigenvalue weighted by atomic mass is 35.5. The van der Waals surface area contributed by atoms with Gasteiger partial charge in [-0.2, -0.15) is 0 Å². The van der Waals surface area contributed by atoms with Crippen LogP contribution in [0, 0.1) is 0 Å². The standard InChI is InChI=1S/C13H20ClNO2/c1-13(2,8-15-9-16-3)11-6-5-10(17-4)7-12(11)14/h5-7,15H,8-9H2,1-4H3. The summed E-state index contributed by atoms with van der Waals surface area (Å²) in [7, 11) is 3.30. The van der Waals surface area contributed by atoms with Gasteiger partial charge in [0.1, 0.15) is 5.75 Å². The first kappa shape index (κ1) is 14.3. The summed E-state index contributed by atoms with van der Waals surface area (Å²) in [6, 6.07) is 5.78. The van der Waals surface area contributed by atoms with Crippen LogP contribution >= 0.6 is 11.6 Å². The van der Waals surface area contributed by atoms with E-state index in [1.165, 1.54) is 0 Å². The molecular weight excluding hydrogens is 238 g/mol. The van der Waals surface area contributed by atoms with Gasteiger partial charge in [0.2, 0.25) is 0 Å². The first-order chi connectivity index (χ1) is 8.01. The van der Waals surface area contributed by atoms with Gasteiger partial charge in [-0.05, 0) is 17.7 Å². The minimum absolute atomic E-state index is 0.0537. The van der Waals surface area contributed by atoms with Crippen LogP contribution in [-0.4, -0.2) is 27.5 Å². The summed E-state index contributed by atoms with van der Waals surface area (Å²) in [4.78, 5) is 0. The maximum absolute atomic E-state index is 6.27. The third kappa shape index (κ3) is 3.87. The summed E-state index contributed by atoms with van der Waals surface area (Å²) in [6.07, 6.45) is 0. The molecular formula is C13H20ClNO2. The molecule has 0 unspecified atom stereocenters. The lowest BCUT2D eigenvalue weighted by atomic mass is 9.84. The quantitative estimate of drug-likeness (QED) is 0.628. The molecule has 4 heteroatoms. The van der Waals surface area contributed by atoms with Gasteiger partial charge in [-0.25, -0.2) is 0 Å². The second-order valence-electron chi connectivity index (χ2n) is 4.59. The topological polar surface area (TPSA) is 30.5 Å². The molecule has 0 aliphatic heterocycles. The van der Waals surface area contributed by atoms with E-state index in [0.717, 1.165) is 22.9 Å². The van der Waals surface area contributed by atoms with Crippen LogP contribution in [0.4, 0.5) is 0 Å². The fourth-order valence-corrected chi connectivity index (χ4v) is 2.16. The predicted molar refractivity (Wildman–Crippen MR) is 70.9 cm³/mol. The van der Waals surface area contributed by atoms with Gasteiger partial charge in [-0.3, -0.25) is 5.32 Å². The molecule has 0 saturated heterocycles. The Labute approximate surface area is 108 Å². The van der Waals surface area contributed by atoms with Crippen molar-refractivity contribution in [2.24, 2.45) is 0 Å². The maximum atomic E-state index is 6.27. The fourth-order valence-electron chi connectivity index (χ4n) is 1.73. The molecule has 3 nitrogen and oxygen atoms in total. The Morgan fingerprint density at radius 2 is 2.00 bits per heavy atom. The molecule has 1 aromatic rings. The van der Waals surface area contributed by atoms with E-state index >= 15 is 0 Å². The number of hydrogen-bond donors (Lipinski definition) is 1. The Morgan fingerprint density at radius 3 is 2.53 bits per heavy atom. The number of methoxy groups -OCH3 is 2. The smallest absolute Gasteiger partial charge is 0.120 e. The molecule has 0 bridgehead atoms. The third-order valence-electron chi connectivity index (χ3n) is 2.72. The molecule has 1 aromatic carbocycles. The summed E-state index contributed by atoms with van der Waals surface area (Å²) < 4.78 is 10.1. The van der Waals surface area contributed by atoms with Crippen LogP contribution in [0.2, 0.25) is 5.02 Å². The zero-order chi connectivity index (χ0) is 12.9. The fraction of sp³-hybridized carbons (Fsp3) is 0.538. The molecule has 0 aromatic heterocycles. The Balaban J connectivity index is 2.82. The number of rotatable bonds is 6. The van der Waals surface area contributed by atoms with Crippen LogP contribution in [0.25, 0.3) is 0 Å². The highest BCUT2D eigenvalue weighted by Crippen LogP contribution is 2.32. The second kappa shape index (κ2) is 6.24. The Hall–Kier alpha value is -0.770. The average Bonchev–Trinajstić information content (AvgIpc) is 2.28. The number of benzene rings is 1. The van der Waals surface area contributed by atoms with Gasteiger partial charge in [0.15, 0.2) is 0 Å². The molecule has 0 radical (unpaired) electrons. The number of hydrogen-bond acceptors (Lipinski definition) is 3. The molecule has 17 heavy (non-hydrogen) atoms. The van der Waals surface area contributed by atoms with E-state index in [1.807, 2.05) is 18.2 Å². The van der Waals surface area contributed by atoms with Gasteiger partial charge < -0.3 is 9.47 Å². The first-order valence-electron chi connectivity index (χ1n) is 5.55. The normalized spacial score (nSPS) is 11.6. The molecule has 0 amide bonds. The highest BCUT2D eigenvalue weighted by molar-refractivity contribution is 6.31. The monoisotopic (exact) mass is 257 g/mol. The molecule has 0 saturated carbocycles. The lowest BCUT2D eigenvalue weighted by molar-refractivity contribution is 0.169. The van der Waals surface area contributed by atoms with Gasteiger partial charge in [0.25, 0.3) is 0 Å². The van der Waals surface area contributed by atoms with Gasteiger partial charge in [-0.1, -0.05) is 31.5 Å². The number of halogens is 1. The van der Waals surface area contributed by atoms with Crippen molar-refractivity contribution < 1.29 is 9.47 Å². The van der Waals surface area contributed by atoms with Crippen molar-refractivity contribution >= 4 is 11.6 Å². The number of nitrogens with one attached hydrogen (secondary N) is 1. The molecule has 1 N–H and O–H groups in total. The van der Waals surface area contributed by atoms with Gasteiger partial charge in [-0.15, -0.1) is 0 Å². The lowest BCUT2D eigenvalue weighted by Crippen LogP contribution is -2.34. The van der Waals surface area contributed by atoms with Crippen molar-refractivity contribution in [3.63, 3.8) is 0 Å². The van der Waals surface area contributed by atoms with Crippen molar-refractivity contribution in [1.82, 2.24) is 5.32 Å². The lowest BCUT2D eigenvalue weighted by Gasteiger charge is -2.27. The van der Waals surface area contributed by atoms with E-state index in [-0.39, 0.29) is 5.41 Å². The Kier molecular flexibility index (Phi) is 5.25. The van der Waals surface area contributed by atoms with E-state index in [2.05, 4.69) is 19.2 Å². The molecule has 0 heterocycles. The van der Waals surface area contributed by atoms with Crippen molar-refractivity contribution in [3.05, 3.63) is 28.8 Å². The molecule has 0 aliphatic carbocycles. The van der Waals surface area contributed by atoms with Crippen LogP contribution < -0.4 is 10.1 Å². The maximum Gasteiger partial charge on any atom is 0.120 e. The van der Waals surface area contributed by atoms with E-state index in [1.54, 1.807) is 14.2 Å². The van der Waals surface area contributed by atoms with Crippen molar-refractivity contribution in [2.75, 3.05) is 27.5 Å². The zero-order valence-corrected chi connectivity index (χ0v) is 11.6. The van der Waals surface area contributed by atoms with Crippen LogP contribution in [0.5, 0.6) is 5.75 Å². The molecule has 0 atom stereocenters. The van der Waals surface area contributed by atoms with Crippen molar-refractivity contribution in [1.29, 1.82) is 0 Å². The molecule has 96 valence electrons.